The molecule has 3 heterocycles. The monoisotopic (exact) mass is 290 g/mol. The van der Waals surface area contributed by atoms with Crippen molar-refractivity contribution in [1.82, 2.24) is 19.6 Å². The quantitative estimate of drug-likeness (QED) is 0.728. The van der Waals surface area contributed by atoms with Crippen LogP contribution in [-0.2, 0) is 0 Å². The fourth-order valence-corrected chi connectivity index (χ4v) is 1.82. The van der Waals surface area contributed by atoms with E-state index in [1.165, 1.54) is 0 Å². The normalized spacial score (nSPS) is 10.6. The average molecular weight is 291 g/mol. The minimum atomic E-state index is 0.505. The maximum absolute atomic E-state index is 5.67. The first-order valence-electron chi connectivity index (χ1n) is 4.90. The number of nitrogens with zero attached hydrogens (tertiary/aromatic N) is 4. The topological polar surface area (TPSA) is 52.3 Å². The number of hydrogen-bond acceptors (Lipinski definition) is 4. The van der Waals surface area contributed by atoms with Gasteiger partial charge >= 0.3 is 0 Å². The van der Waals surface area contributed by atoms with Crippen LogP contribution in [0.25, 0.3) is 5.52 Å². The van der Waals surface area contributed by atoms with E-state index in [1.807, 2.05) is 12.1 Å². The second-order valence-electron chi connectivity index (χ2n) is 3.33. The Morgan fingerprint density at radius 1 is 1.24 bits per heavy atom. The highest BCUT2D eigenvalue weighted by Crippen LogP contribution is 2.24. The summed E-state index contributed by atoms with van der Waals surface area (Å²) >= 11 is 3.34. The lowest BCUT2D eigenvalue weighted by molar-refractivity contribution is 0.463. The van der Waals surface area contributed by atoms with Crippen molar-refractivity contribution in [3.63, 3.8) is 0 Å². The molecule has 84 valence electrons. The van der Waals surface area contributed by atoms with Crippen LogP contribution >= 0.6 is 15.9 Å². The Labute approximate surface area is 105 Å². The van der Waals surface area contributed by atoms with Gasteiger partial charge in [-0.3, -0.25) is 4.98 Å². The Morgan fingerprint density at radius 3 is 3.06 bits per heavy atom. The van der Waals surface area contributed by atoms with Crippen LogP contribution in [0.4, 0.5) is 0 Å². The lowest BCUT2D eigenvalue weighted by Crippen LogP contribution is -1.93. The number of ether oxygens (including phenoxy) is 1. The lowest BCUT2D eigenvalue weighted by atomic mass is 10.4. The van der Waals surface area contributed by atoms with Crippen molar-refractivity contribution in [2.45, 2.75) is 0 Å². The predicted molar refractivity (Wildman–Crippen MR) is 65.0 cm³/mol. The zero-order valence-electron chi connectivity index (χ0n) is 8.62. The maximum atomic E-state index is 5.67. The van der Waals surface area contributed by atoms with Crippen LogP contribution in [0.2, 0.25) is 0 Å². The lowest BCUT2D eigenvalue weighted by Gasteiger charge is -2.05. The Kier molecular flexibility index (Phi) is 2.49. The summed E-state index contributed by atoms with van der Waals surface area (Å²) in [5.41, 5.74) is 0.812. The molecule has 0 amide bonds. The predicted octanol–water partition coefficient (Wildman–Crippen LogP) is 2.68. The minimum Gasteiger partial charge on any atom is -0.435 e. The number of rotatable bonds is 2. The smallest absolute Gasteiger partial charge is 0.245 e. The molecule has 0 unspecified atom stereocenters. The third kappa shape index (κ3) is 1.99. The van der Waals surface area contributed by atoms with E-state index in [1.54, 1.807) is 35.5 Å². The molecule has 3 aromatic heterocycles. The highest BCUT2D eigenvalue weighted by atomic mass is 79.9. The number of hydrogen-bond donors (Lipinski definition) is 0. The summed E-state index contributed by atoms with van der Waals surface area (Å²) in [6.45, 7) is 0. The van der Waals surface area contributed by atoms with Gasteiger partial charge in [0.25, 0.3) is 0 Å². The molecule has 3 aromatic rings. The van der Waals surface area contributed by atoms with Crippen molar-refractivity contribution in [3.05, 3.63) is 47.6 Å². The molecule has 0 radical (unpaired) electrons. The summed E-state index contributed by atoms with van der Waals surface area (Å²) in [5, 5.41) is 4.11. The van der Waals surface area contributed by atoms with Gasteiger partial charge in [-0.2, -0.15) is 5.10 Å². The fourth-order valence-electron chi connectivity index (χ4n) is 1.47. The molecular weight excluding hydrogens is 284 g/mol. The van der Waals surface area contributed by atoms with Crippen LogP contribution in [0.3, 0.4) is 0 Å². The highest BCUT2D eigenvalue weighted by molar-refractivity contribution is 9.10. The van der Waals surface area contributed by atoms with Crippen LogP contribution in [0.1, 0.15) is 0 Å². The van der Waals surface area contributed by atoms with Crippen molar-refractivity contribution in [3.8, 4) is 11.6 Å². The number of fused-ring (bicyclic) bond motifs is 1. The molecule has 0 bridgehead atoms. The summed E-state index contributed by atoms with van der Waals surface area (Å²) in [6, 6.07) is 3.67. The van der Waals surface area contributed by atoms with E-state index < -0.39 is 0 Å². The van der Waals surface area contributed by atoms with Gasteiger partial charge in [-0.25, -0.2) is 9.50 Å². The molecule has 0 atom stereocenters. The molecule has 0 fully saturated rings. The maximum Gasteiger partial charge on any atom is 0.245 e. The molecule has 0 aromatic carbocycles. The number of pyridine rings is 1. The van der Waals surface area contributed by atoms with Crippen LogP contribution in [-0.4, -0.2) is 19.6 Å². The van der Waals surface area contributed by atoms with Crippen LogP contribution in [0.15, 0.2) is 47.6 Å². The molecule has 0 aliphatic rings. The third-order valence-electron chi connectivity index (χ3n) is 2.18. The van der Waals surface area contributed by atoms with Crippen molar-refractivity contribution < 1.29 is 4.74 Å². The van der Waals surface area contributed by atoms with Gasteiger partial charge in [0.15, 0.2) is 0 Å². The van der Waals surface area contributed by atoms with Gasteiger partial charge in [-0.1, -0.05) is 0 Å². The molecule has 6 heteroatoms. The largest absolute Gasteiger partial charge is 0.435 e. The summed E-state index contributed by atoms with van der Waals surface area (Å²) in [5.74, 6) is 1.13. The number of aromatic nitrogens is 4. The van der Waals surface area contributed by atoms with Crippen LogP contribution in [0, 0.1) is 0 Å². The van der Waals surface area contributed by atoms with Gasteiger partial charge in [-0.05, 0) is 28.1 Å². The average Bonchev–Trinajstić information content (AvgIpc) is 2.78. The van der Waals surface area contributed by atoms with Gasteiger partial charge in [0.2, 0.25) is 5.88 Å². The zero-order valence-corrected chi connectivity index (χ0v) is 10.2. The van der Waals surface area contributed by atoms with Crippen molar-refractivity contribution in [2.75, 3.05) is 0 Å². The molecule has 0 N–H and O–H groups in total. The van der Waals surface area contributed by atoms with E-state index in [0.29, 0.717) is 11.6 Å². The Morgan fingerprint density at radius 2 is 2.18 bits per heavy atom. The molecule has 0 saturated heterocycles. The van der Waals surface area contributed by atoms with Crippen LogP contribution < -0.4 is 4.74 Å². The van der Waals surface area contributed by atoms with Gasteiger partial charge in [0.1, 0.15) is 11.3 Å². The van der Waals surface area contributed by atoms with E-state index in [0.717, 1.165) is 9.99 Å². The standard InChI is InChI=1S/C11H7BrN4O/c12-8-5-9(7-13-6-8)17-11-10-1-2-15-16(10)4-3-14-11/h1-7H. The summed E-state index contributed by atoms with van der Waals surface area (Å²) in [4.78, 5) is 8.20. The third-order valence-corrected chi connectivity index (χ3v) is 2.62. The van der Waals surface area contributed by atoms with Gasteiger partial charge in [0, 0.05) is 23.1 Å². The molecule has 3 rings (SSSR count). The molecule has 5 nitrogen and oxygen atoms in total. The van der Waals surface area contributed by atoms with E-state index >= 15 is 0 Å². The van der Waals surface area contributed by atoms with E-state index in [-0.39, 0.29) is 0 Å². The summed E-state index contributed by atoms with van der Waals surface area (Å²) in [6.07, 6.45) is 8.43. The molecule has 0 aliphatic carbocycles. The van der Waals surface area contributed by atoms with Gasteiger partial charge in [0.05, 0.1) is 12.4 Å². The second kappa shape index (κ2) is 4.14. The van der Waals surface area contributed by atoms with Crippen molar-refractivity contribution in [2.24, 2.45) is 0 Å². The Balaban J connectivity index is 2.02. The zero-order chi connectivity index (χ0) is 11.7. The van der Waals surface area contributed by atoms with Gasteiger partial charge in [-0.15, -0.1) is 0 Å². The minimum absolute atomic E-state index is 0.505. The van der Waals surface area contributed by atoms with Crippen molar-refractivity contribution >= 4 is 21.4 Å². The summed E-state index contributed by atoms with van der Waals surface area (Å²) in [7, 11) is 0. The Hall–Kier alpha value is -1.95. The molecule has 17 heavy (non-hydrogen) atoms. The van der Waals surface area contributed by atoms with Crippen LogP contribution in [0.5, 0.6) is 11.6 Å². The Bertz CT molecular complexity index is 667. The molecule has 0 saturated carbocycles. The van der Waals surface area contributed by atoms with E-state index in [4.69, 9.17) is 4.74 Å². The van der Waals surface area contributed by atoms with E-state index in [9.17, 15) is 0 Å². The molecule has 0 aliphatic heterocycles. The first kappa shape index (κ1) is 10.2. The van der Waals surface area contributed by atoms with E-state index in [2.05, 4.69) is 31.0 Å². The first-order chi connectivity index (χ1) is 8.33. The summed E-state index contributed by atoms with van der Waals surface area (Å²) < 4.78 is 8.23. The number of halogens is 1. The fraction of sp³-hybridized carbons (Fsp3) is 0. The first-order valence-corrected chi connectivity index (χ1v) is 5.69. The van der Waals surface area contributed by atoms with Crippen molar-refractivity contribution in [1.29, 1.82) is 0 Å². The molecular formula is C11H7BrN4O. The SMILES string of the molecule is Brc1cncc(Oc2nccn3nccc23)c1. The second-order valence-corrected chi connectivity index (χ2v) is 4.25. The van der Waals surface area contributed by atoms with Gasteiger partial charge < -0.3 is 4.74 Å². The molecule has 0 spiro atoms. The highest BCUT2D eigenvalue weighted by Gasteiger charge is 2.06.